The lowest BCUT2D eigenvalue weighted by Crippen LogP contribution is -2.50. The van der Waals surface area contributed by atoms with E-state index in [0.29, 0.717) is 26.1 Å². The third kappa shape index (κ3) is 4.22. The van der Waals surface area contributed by atoms with Crippen molar-refractivity contribution in [2.45, 2.75) is 25.8 Å². The Hall–Kier alpha value is -1.30. The number of carbonyl (C=O) groups excluding carboxylic acids is 1. The summed E-state index contributed by atoms with van der Waals surface area (Å²) in [6.45, 7) is 3.21. The average Bonchev–Trinajstić information content (AvgIpc) is 2.29. The highest BCUT2D eigenvalue weighted by Crippen LogP contribution is 2.16. The van der Waals surface area contributed by atoms with Gasteiger partial charge in [0.05, 0.1) is 18.6 Å². The summed E-state index contributed by atoms with van der Waals surface area (Å²) >= 11 is 0. The second kappa shape index (κ2) is 6.44. The van der Waals surface area contributed by atoms with Crippen molar-refractivity contribution in [2.75, 3.05) is 26.8 Å². The number of piperidine rings is 1. The summed E-state index contributed by atoms with van der Waals surface area (Å²) < 4.78 is 4.92. The normalized spacial score (nSPS) is 22.0. The van der Waals surface area contributed by atoms with Crippen LogP contribution in [0.15, 0.2) is 0 Å². The number of rotatable bonds is 4. The minimum atomic E-state index is -0.826. The van der Waals surface area contributed by atoms with Crippen molar-refractivity contribution in [3.63, 3.8) is 0 Å². The molecule has 2 N–H and O–H groups in total. The molecule has 1 heterocycles. The molecule has 0 aliphatic carbocycles. The lowest BCUT2D eigenvalue weighted by atomic mass is 9.99. The van der Waals surface area contributed by atoms with E-state index in [2.05, 4.69) is 5.32 Å². The molecule has 0 saturated carbocycles. The van der Waals surface area contributed by atoms with Crippen LogP contribution < -0.4 is 5.32 Å². The summed E-state index contributed by atoms with van der Waals surface area (Å²) in [5.74, 6) is -1.26. The number of likely N-dealkylation sites (tertiary alicyclic amines) is 1. The molecule has 2 amide bonds. The molecule has 6 nitrogen and oxygen atoms in total. The molecule has 0 aromatic rings. The number of aliphatic carboxylic acids is 1. The van der Waals surface area contributed by atoms with Gasteiger partial charge in [0.2, 0.25) is 0 Å². The predicted octanol–water partition coefficient (Wildman–Crippen LogP) is 0.527. The van der Waals surface area contributed by atoms with Gasteiger partial charge in [0.15, 0.2) is 0 Å². The van der Waals surface area contributed by atoms with E-state index in [1.807, 2.05) is 6.92 Å². The molecule has 6 heteroatoms. The standard InChI is InChI=1S/C11H20N2O4/c1-8(7-17-2)12-11(16)13-5-3-4-9(6-13)10(14)15/h8-9H,3-7H2,1-2H3,(H,12,16)(H,14,15)/t8?,9-/m1/s1. The molecule has 1 aliphatic rings. The third-order valence-electron chi connectivity index (χ3n) is 2.84. The first-order chi connectivity index (χ1) is 8.04. The van der Waals surface area contributed by atoms with Crippen LogP contribution in [-0.2, 0) is 9.53 Å². The molecular formula is C11H20N2O4. The van der Waals surface area contributed by atoms with E-state index < -0.39 is 11.9 Å². The van der Waals surface area contributed by atoms with E-state index in [0.717, 1.165) is 6.42 Å². The van der Waals surface area contributed by atoms with Crippen LogP contribution in [-0.4, -0.2) is 54.9 Å². The summed E-state index contributed by atoms with van der Waals surface area (Å²) in [6, 6.07) is -0.279. The van der Waals surface area contributed by atoms with Crippen LogP contribution >= 0.6 is 0 Å². The second-order valence-electron chi connectivity index (χ2n) is 4.43. The Kier molecular flexibility index (Phi) is 5.21. The van der Waals surface area contributed by atoms with Gasteiger partial charge in [-0.25, -0.2) is 4.79 Å². The highest BCUT2D eigenvalue weighted by Gasteiger charge is 2.28. The minimum absolute atomic E-state index is 0.0716. The first kappa shape index (κ1) is 13.8. The van der Waals surface area contributed by atoms with Crippen LogP contribution in [0, 0.1) is 5.92 Å². The van der Waals surface area contributed by atoms with Gasteiger partial charge in [0.25, 0.3) is 0 Å². The Morgan fingerprint density at radius 2 is 2.29 bits per heavy atom. The van der Waals surface area contributed by atoms with Gasteiger partial charge < -0.3 is 20.1 Å². The van der Waals surface area contributed by atoms with Gasteiger partial charge in [-0.15, -0.1) is 0 Å². The highest BCUT2D eigenvalue weighted by molar-refractivity contribution is 5.76. The SMILES string of the molecule is COCC(C)NC(=O)N1CCC[C@@H](C(=O)O)C1. The fourth-order valence-corrected chi connectivity index (χ4v) is 1.96. The number of nitrogens with zero attached hydrogens (tertiary/aromatic N) is 1. The number of nitrogens with one attached hydrogen (secondary N) is 1. The Morgan fingerprint density at radius 1 is 1.59 bits per heavy atom. The van der Waals surface area contributed by atoms with Crippen molar-refractivity contribution >= 4 is 12.0 Å². The Bertz CT molecular complexity index is 283. The lowest BCUT2D eigenvalue weighted by Gasteiger charge is -2.31. The van der Waals surface area contributed by atoms with Gasteiger partial charge in [-0.1, -0.05) is 0 Å². The maximum absolute atomic E-state index is 11.8. The topological polar surface area (TPSA) is 78.9 Å². The summed E-state index contributed by atoms with van der Waals surface area (Å²) in [4.78, 5) is 24.3. The van der Waals surface area contributed by atoms with Gasteiger partial charge in [-0.05, 0) is 19.8 Å². The van der Waals surface area contributed by atoms with E-state index in [9.17, 15) is 9.59 Å². The fourth-order valence-electron chi connectivity index (χ4n) is 1.96. The number of methoxy groups -OCH3 is 1. The van der Waals surface area contributed by atoms with Gasteiger partial charge in [0.1, 0.15) is 0 Å². The predicted molar refractivity (Wildman–Crippen MR) is 61.8 cm³/mol. The average molecular weight is 244 g/mol. The number of urea groups is 1. The van der Waals surface area contributed by atoms with Gasteiger partial charge in [0, 0.05) is 20.2 Å². The number of ether oxygens (including phenoxy) is 1. The van der Waals surface area contributed by atoms with Crippen molar-refractivity contribution in [2.24, 2.45) is 5.92 Å². The summed E-state index contributed by atoms with van der Waals surface area (Å²) in [6.07, 6.45) is 1.38. The maximum atomic E-state index is 11.8. The van der Waals surface area contributed by atoms with Crippen LogP contribution in [0.25, 0.3) is 0 Å². The van der Waals surface area contributed by atoms with Crippen LogP contribution in [0.5, 0.6) is 0 Å². The quantitative estimate of drug-likeness (QED) is 0.756. The summed E-state index contributed by atoms with van der Waals surface area (Å²) in [5.41, 5.74) is 0. The van der Waals surface area contributed by atoms with Crippen molar-refractivity contribution in [1.29, 1.82) is 0 Å². The number of carbonyl (C=O) groups is 2. The summed E-state index contributed by atoms with van der Waals surface area (Å²) in [7, 11) is 1.57. The van der Waals surface area contributed by atoms with Gasteiger partial charge in [-0.3, -0.25) is 4.79 Å². The largest absolute Gasteiger partial charge is 0.481 e. The third-order valence-corrected chi connectivity index (χ3v) is 2.84. The fraction of sp³-hybridized carbons (Fsp3) is 0.818. The molecule has 2 atom stereocenters. The molecule has 17 heavy (non-hydrogen) atoms. The number of amides is 2. The Labute approximate surface area is 101 Å². The number of carboxylic acids is 1. The van der Waals surface area contributed by atoms with Crippen LogP contribution in [0.4, 0.5) is 4.79 Å². The molecule has 0 radical (unpaired) electrons. The van der Waals surface area contributed by atoms with E-state index >= 15 is 0 Å². The molecule has 0 aromatic heterocycles. The highest BCUT2D eigenvalue weighted by atomic mass is 16.5. The van der Waals surface area contributed by atoms with E-state index in [1.54, 1.807) is 12.0 Å². The molecule has 1 aliphatic heterocycles. The van der Waals surface area contributed by atoms with Gasteiger partial charge >= 0.3 is 12.0 Å². The monoisotopic (exact) mass is 244 g/mol. The molecule has 1 fully saturated rings. The zero-order valence-electron chi connectivity index (χ0n) is 10.3. The minimum Gasteiger partial charge on any atom is -0.481 e. The number of hydrogen-bond donors (Lipinski definition) is 2. The second-order valence-corrected chi connectivity index (χ2v) is 4.43. The summed E-state index contributed by atoms with van der Waals surface area (Å²) in [5, 5.41) is 11.7. The lowest BCUT2D eigenvalue weighted by molar-refractivity contribution is -0.143. The molecular weight excluding hydrogens is 224 g/mol. The van der Waals surface area contributed by atoms with Crippen molar-refractivity contribution < 1.29 is 19.4 Å². The molecule has 98 valence electrons. The molecule has 0 aromatic carbocycles. The maximum Gasteiger partial charge on any atom is 0.317 e. The van der Waals surface area contributed by atoms with E-state index in [1.165, 1.54) is 0 Å². The van der Waals surface area contributed by atoms with Crippen molar-refractivity contribution in [1.82, 2.24) is 10.2 Å². The number of carboxylic acid groups (broad SMARTS) is 1. The Balaban J connectivity index is 2.43. The van der Waals surface area contributed by atoms with E-state index in [-0.39, 0.29) is 12.1 Å². The van der Waals surface area contributed by atoms with Crippen LogP contribution in [0.2, 0.25) is 0 Å². The number of hydrogen-bond acceptors (Lipinski definition) is 3. The van der Waals surface area contributed by atoms with Crippen molar-refractivity contribution in [3.05, 3.63) is 0 Å². The Morgan fingerprint density at radius 3 is 2.88 bits per heavy atom. The molecule has 1 unspecified atom stereocenters. The van der Waals surface area contributed by atoms with Gasteiger partial charge in [-0.2, -0.15) is 0 Å². The van der Waals surface area contributed by atoms with Crippen LogP contribution in [0.3, 0.4) is 0 Å². The van der Waals surface area contributed by atoms with E-state index in [4.69, 9.17) is 9.84 Å². The molecule has 0 bridgehead atoms. The zero-order valence-corrected chi connectivity index (χ0v) is 10.3. The molecule has 1 saturated heterocycles. The van der Waals surface area contributed by atoms with Crippen LogP contribution in [0.1, 0.15) is 19.8 Å². The first-order valence-corrected chi connectivity index (χ1v) is 5.81. The van der Waals surface area contributed by atoms with Crippen molar-refractivity contribution in [3.8, 4) is 0 Å². The zero-order chi connectivity index (χ0) is 12.8. The smallest absolute Gasteiger partial charge is 0.317 e. The molecule has 1 rings (SSSR count). The molecule has 0 spiro atoms. The first-order valence-electron chi connectivity index (χ1n) is 5.81.